The lowest BCUT2D eigenvalue weighted by molar-refractivity contribution is -0.121. The standard InChI is InChI=1S/C21H22N2O2S/c1-2-25-17-13-11-16(12-14-17)23(20(24)15-7-3-4-8-15)21-22-18-9-5-6-10-19(18)26-21/h5-6,9-15H,2-4,7-8H2,1H3. The highest BCUT2D eigenvalue weighted by Gasteiger charge is 2.30. The number of thiazole rings is 1. The summed E-state index contributed by atoms with van der Waals surface area (Å²) in [5.74, 6) is 1.06. The zero-order valence-electron chi connectivity index (χ0n) is 14.9. The number of para-hydroxylation sites is 1. The van der Waals surface area contributed by atoms with Gasteiger partial charge in [0.05, 0.1) is 22.5 Å². The summed E-state index contributed by atoms with van der Waals surface area (Å²) in [6, 6.07) is 15.8. The van der Waals surface area contributed by atoms with Crippen LogP contribution in [0.15, 0.2) is 48.5 Å². The van der Waals surface area contributed by atoms with Crippen LogP contribution in [0.3, 0.4) is 0 Å². The molecule has 4 rings (SSSR count). The first-order valence-corrected chi connectivity index (χ1v) is 10.0. The summed E-state index contributed by atoms with van der Waals surface area (Å²) in [7, 11) is 0. The van der Waals surface area contributed by atoms with Crippen LogP contribution in [-0.2, 0) is 4.79 Å². The maximum atomic E-state index is 13.3. The van der Waals surface area contributed by atoms with Crippen LogP contribution >= 0.6 is 11.3 Å². The van der Waals surface area contributed by atoms with Crippen LogP contribution in [0, 0.1) is 5.92 Å². The Hall–Kier alpha value is -2.40. The molecule has 0 saturated heterocycles. The van der Waals surface area contributed by atoms with Gasteiger partial charge in [-0.3, -0.25) is 9.69 Å². The molecule has 2 aromatic carbocycles. The van der Waals surface area contributed by atoms with Gasteiger partial charge in [-0.25, -0.2) is 4.98 Å². The third kappa shape index (κ3) is 3.31. The molecule has 0 radical (unpaired) electrons. The molecule has 1 aliphatic rings. The van der Waals surface area contributed by atoms with Gasteiger partial charge in [0.1, 0.15) is 5.75 Å². The molecule has 134 valence electrons. The van der Waals surface area contributed by atoms with E-state index in [-0.39, 0.29) is 11.8 Å². The Morgan fingerprint density at radius 1 is 1.15 bits per heavy atom. The topological polar surface area (TPSA) is 42.4 Å². The minimum atomic E-state index is 0.0913. The molecule has 1 fully saturated rings. The number of ether oxygens (including phenoxy) is 1. The molecule has 0 unspecified atom stereocenters. The number of hydrogen-bond donors (Lipinski definition) is 0. The number of carbonyl (C=O) groups excluding carboxylic acids is 1. The molecule has 4 nitrogen and oxygen atoms in total. The third-order valence-electron chi connectivity index (χ3n) is 4.80. The van der Waals surface area contributed by atoms with Crippen molar-refractivity contribution in [3.05, 3.63) is 48.5 Å². The van der Waals surface area contributed by atoms with Gasteiger partial charge in [0.15, 0.2) is 5.13 Å². The molecular weight excluding hydrogens is 344 g/mol. The van der Waals surface area contributed by atoms with E-state index >= 15 is 0 Å². The average molecular weight is 366 g/mol. The second-order valence-electron chi connectivity index (χ2n) is 6.55. The number of nitrogens with zero attached hydrogens (tertiary/aromatic N) is 2. The van der Waals surface area contributed by atoms with E-state index in [1.165, 1.54) is 0 Å². The lowest BCUT2D eigenvalue weighted by Gasteiger charge is -2.23. The number of benzene rings is 2. The van der Waals surface area contributed by atoms with Crippen LogP contribution in [0.1, 0.15) is 32.6 Å². The monoisotopic (exact) mass is 366 g/mol. The molecule has 0 aliphatic heterocycles. The smallest absolute Gasteiger partial charge is 0.236 e. The summed E-state index contributed by atoms with van der Waals surface area (Å²) in [5.41, 5.74) is 1.78. The normalized spacial score (nSPS) is 14.7. The van der Waals surface area contributed by atoms with E-state index in [2.05, 4.69) is 0 Å². The fourth-order valence-electron chi connectivity index (χ4n) is 3.50. The van der Waals surface area contributed by atoms with Crippen LogP contribution in [-0.4, -0.2) is 17.5 Å². The van der Waals surface area contributed by atoms with Gasteiger partial charge in [-0.2, -0.15) is 0 Å². The molecule has 26 heavy (non-hydrogen) atoms. The molecule has 5 heteroatoms. The van der Waals surface area contributed by atoms with Crippen molar-refractivity contribution < 1.29 is 9.53 Å². The van der Waals surface area contributed by atoms with Crippen molar-refractivity contribution in [3.8, 4) is 5.75 Å². The molecule has 0 atom stereocenters. The van der Waals surface area contributed by atoms with E-state index < -0.39 is 0 Å². The summed E-state index contributed by atoms with van der Waals surface area (Å²) in [4.78, 5) is 19.8. The van der Waals surface area contributed by atoms with Gasteiger partial charge in [0.2, 0.25) is 5.91 Å². The first-order chi connectivity index (χ1) is 12.8. The second kappa shape index (κ2) is 7.46. The summed E-state index contributed by atoms with van der Waals surface area (Å²) in [6.07, 6.45) is 4.20. The predicted molar refractivity (Wildman–Crippen MR) is 106 cm³/mol. The van der Waals surface area contributed by atoms with Crippen LogP contribution in [0.2, 0.25) is 0 Å². The lowest BCUT2D eigenvalue weighted by atomic mass is 10.1. The Labute approximate surface area is 157 Å². The Bertz CT molecular complexity index is 865. The van der Waals surface area contributed by atoms with Crippen molar-refractivity contribution in [2.75, 3.05) is 11.5 Å². The van der Waals surface area contributed by atoms with Gasteiger partial charge in [0.25, 0.3) is 0 Å². The van der Waals surface area contributed by atoms with Gasteiger partial charge < -0.3 is 4.74 Å². The van der Waals surface area contributed by atoms with Crippen molar-refractivity contribution in [2.24, 2.45) is 5.92 Å². The molecular formula is C21H22N2O2S. The number of aromatic nitrogens is 1. The van der Waals surface area contributed by atoms with E-state index in [1.807, 2.05) is 55.5 Å². The minimum absolute atomic E-state index is 0.0913. The van der Waals surface area contributed by atoms with Gasteiger partial charge in [-0.15, -0.1) is 0 Å². The van der Waals surface area contributed by atoms with Gasteiger partial charge in [-0.05, 0) is 56.2 Å². The maximum absolute atomic E-state index is 13.3. The fraction of sp³-hybridized carbons (Fsp3) is 0.333. The molecule has 1 saturated carbocycles. The highest BCUT2D eigenvalue weighted by molar-refractivity contribution is 7.22. The lowest BCUT2D eigenvalue weighted by Crippen LogP contribution is -2.31. The first kappa shape index (κ1) is 17.0. The molecule has 0 spiro atoms. The highest BCUT2D eigenvalue weighted by atomic mass is 32.1. The van der Waals surface area contributed by atoms with Crippen molar-refractivity contribution in [1.29, 1.82) is 0 Å². The van der Waals surface area contributed by atoms with E-state index in [0.717, 1.165) is 52.5 Å². The summed E-state index contributed by atoms with van der Waals surface area (Å²) < 4.78 is 6.63. The number of amides is 1. The van der Waals surface area contributed by atoms with Crippen LogP contribution in [0.5, 0.6) is 5.75 Å². The molecule has 1 amide bonds. The van der Waals surface area contributed by atoms with Crippen LogP contribution < -0.4 is 9.64 Å². The zero-order chi connectivity index (χ0) is 17.9. The Morgan fingerprint density at radius 3 is 2.58 bits per heavy atom. The van der Waals surface area contributed by atoms with E-state index in [0.29, 0.717) is 6.61 Å². The van der Waals surface area contributed by atoms with Gasteiger partial charge in [0, 0.05) is 5.92 Å². The van der Waals surface area contributed by atoms with E-state index in [4.69, 9.17) is 9.72 Å². The molecule has 1 heterocycles. The number of carbonyl (C=O) groups is 1. The second-order valence-corrected chi connectivity index (χ2v) is 7.56. The first-order valence-electron chi connectivity index (χ1n) is 9.18. The summed E-state index contributed by atoms with van der Waals surface area (Å²) in [6.45, 7) is 2.59. The number of hydrogen-bond acceptors (Lipinski definition) is 4. The SMILES string of the molecule is CCOc1ccc(N(C(=O)C2CCCC2)c2nc3ccccc3s2)cc1. The highest BCUT2D eigenvalue weighted by Crippen LogP contribution is 2.37. The van der Waals surface area contributed by atoms with Gasteiger partial charge >= 0.3 is 0 Å². The number of anilines is 2. The van der Waals surface area contributed by atoms with Crippen molar-refractivity contribution in [2.45, 2.75) is 32.6 Å². The molecule has 0 N–H and O–H groups in total. The van der Waals surface area contributed by atoms with Crippen molar-refractivity contribution >= 4 is 38.3 Å². The Kier molecular flexibility index (Phi) is 4.89. The molecule has 3 aromatic rings. The molecule has 0 bridgehead atoms. The predicted octanol–water partition coefficient (Wildman–Crippen LogP) is 5.55. The van der Waals surface area contributed by atoms with Gasteiger partial charge in [-0.1, -0.05) is 36.3 Å². The van der Waals surface area contributed by atoms with E-state index in [1.54, 1.807) is 16.2 Å². The quantitative estimate of drug-likeness (QED) is 0.594. The zero-order valence-corrected chi connectivity index (χ0v) is 15.7. The fourth-order valence-corrected chi connectivity index (χ4v) is 4.49. The van der Waals surface area contributed by atoms with Crippen molar-refractivity contribution in [3.63, 3.8) is 0 Å². The average Bonchev–Trinajstić information content (AvgIpc) is 3.33. The van der Waals surface area contributed by atoms with E-state index in [9.17, 15) is 4.79 Å². The van der Waals surface area contributed by atoms with Crippen LogP contribution in [0.4, 0.5) is 10.8 Å². The third-order valence-corrected chi connectivity index (χ3v) is 5.83. The summed E-state index contributed by atoms with van der Waals surface area (Å²) in [5, 5.41) is 0.743. The molecule has 1 aliphatic carbocycles. The minimum Gasteiger partial charge on any atom is -0.494 e. The largest absolute Gasteiger partial charge is 0.494 e. The number of fused-ring (bicyclic) bond motifs is 1. The number of rotatable bonds is 5. The summed E-state index contributed by atoms with van der Waals surface area (Å²) >= 11 is 1.56. The van der Waals surface area contributed by atoms with Crippen molar-refractivity contribution in [1.82, 2.24) is 4.98 Å². The maximum Gasteiger partial charge on any atom is 0.236 e. The Morgan fingerprint density at radius 2 is 1.88 bits per heavy atom. The van der Waals surface area contributed by atoms with Crippen LogP contribution in [0.25, 0.3) is 10.2 Å². The Balaban J connectivity index is 1.74. The molecule has 1 aromatic heterocycles.